The first-order valence-electron chi connectivity index (χ1n) is 6.93. The molecule has 0 saturated carbocycles. The van der Waals surface area contributed by atoms with E-state index in [2.05, 4.69) is 25.0 Å². The van der Waals surface area contributed by atoms with Crippen LogP contribution < -0.4 is 0 Å². The molecule has 2 aromatic heterocycles. The van der Waals surface area contributed by atoms with Gasteiger partial charge in [0, 0.05) is 10.8 Å². The molecule has 0 atom stereocenters. The monoisotopic (exact) mass is 322 g/mol. The zero-order valence-corrected chi connectivity index (χ0v) is 13.8. The summed E-state index contributed by atoms with van der Waals surface area (Å²) in [6.45, 7) is 11.0. The predicted molar refractivity (Wildman–Crippen MR) is 75.7 cm³/mol. The highest BCUT2D eigenvalue weighted by atomic mass is 16.6. The molecular formula is C14H18N4O5. The molecule has 0 spiro atoms. The number of ether oxygens (including phenoxy) is 1. The van der Waals surface area contributed by atoms with E-state index in [9.17, 15) is 9.59 Å². The van der Waals surface area contributed by atoms with Gasteiger partial charge in [-0.2, -0.15) is 9.97 Å². The maximum absolute atomic E-state index is 11.9. The first-order valence-corrected chi connectivity index (χ1v) is 6.93. The van der Waals surface area contributed by atoms with E-state index in [0.29, 0.717) is 0 Å². The highest BCUT2D eigenvalue weighted by Gasteiger charge is 2.29. The smallest absolute Gasteiger partial charge is 0.381 e. The number of rotatable bonds is 2. The molecule has 0 aliphatic heterocycles. The molecule has 0 fully saturated rings. The van der Waals surface area contributed by atoms with E-state index in [1.165, 1.54) is 0 Å². The Bertz CT molecular complexity index is 671. The van der Waals surface area contributed by atoms with Gasteiger partial charge in [0.2, 0.25) is 11.8 Å². The van der Waals surface area contributed by atoms with E-state index in [1.807, 2.05) is 41.5 Å². The van der Waals surface area contributed by atoms with Crippen molar-refractivity contribution in [2.24, 2.45) is 0 Å². The summed E-state index contributed by atoms with van der Waals surface area (Å²) in [5, 5.41) is 6.99. The minimum absolute atomic E-state index is 0.256. The van der Waals surface area contributed by atoms with Crippen LogP contribution in [0.3, 0.4) is 0 Å². The number of esters is 2. The molecule has 0 aromatic carbocycles. The van der Waals surface area contributed by atoms with Crippen LogP contribution in [0.4, 0.5) is 0 Å². The minimum atomic E-state index is -1.05. The second kappa shape index (κ2) is 5.56. The summed E-state index contributed by atoms with van der Waals surface area (Å²) in [5.74, 6) is -2.27. The fourth-order valence-electron chi connectivity index (χ4n) is 1.40. The second-order valence-corrected chi connectivity index (χ2v) is 7.02. The van der Waals surface area contributed by atoms with E-state index in [-0.39, 0.29) is 23.4 Å². The lowest BCUT2D eigenvalue weighted by Gasteiger charge is -2.10. The van der Waals surface area contributed by atoms with Gasteiger partial charge in [0.05, 0.1) is 0 Å². The average molecular weight is 322 g/mol. The maximum Gasteiger partial charge on any atom is 0.387 e. The Morgan fingerprint density at radius 1 is 0.783 bits per heavy atom. The van der Waals surface area contributed by atoms with E-state index in [0.717, 1.165) is 0 Å². The predicted octanol–water partition coefficient (Wildman–Crippen LogP) is 2.04. The molecule has 2 rings (SSSR count). The Kier molecular flexibility index (Phi) is 4.06. The second-order valence-electron chi connectivity index (χ2n) is 7.02. The summed E-state index contributed by atoms with van der Waals surface area (Å²) < 4.78 is 14.6. The minimum Gasteiger partial charge on any atom is -0.381 e. The molecule has 9 nitrogen and oxygen atoms in total. The highest BCUT2D eigenvalue weighted by molar-refractivity contribution is 5.99. The van der Waals surface area contributed by atoms with Crippen molar-refractivity contribution in [2.45, 2.75) is 52.4 Å². The Labute approximate surface area is 132 Å². The van der Waals surface area contributed by atoms with Gasteiger partial charge in [0.25, 0.3) is 11.6 Å². The number of hydrogen-bond donors (Lipinski definition) is 0. The Balaban J connectivity index is 2.09. The lowest BCUT2D eigenvalue weighted by Crippen LogP contribution is -2.17. The topological polar surface area (TPSA) is 121 Å². The van der Waals surface area contributed by atoms with Gasteiger partial charge in [-0.15, -0.1) is 0 Å². The summed E-state index contributed by atoms with van der Waals surface area (Å²) >= 11 is 0. The van der Waals surface area contributed by atoms with Gasteiger partial charge in [-0.1, -0.05) is 41.5 Å². The standard InChI is InChI=1S/C14H18N4O5/c1-13(2,3)11-15-7(17-22-11)9(19)21-10(20)8-16-12(23-18-8)14(4,5)6/h1-6H3. The van der Waals surface area contributed by atoms with E-state index in [1.54, 1.807) is 0 Å². The van der Waals surface area contributed by atoms with E-state index < -0.39 is 22.8 Å². The zero-order chi connectivity index (χ0) is 17.4. The van der Waals surface area contributed by atoms with Gasteiger partial charge in [-0.25, -0.2) is 9.59 Å². The number of carbonyl (C=O) groups excluding carboxylic acids is 2. The van der Waals surface area contributed by atoms with Crippen molar-refractivity contribution in [3.8, 4) is 0 Å². The fraction of sp³-hybridized carbons (Fsp3) is 0.571. The van der Waals surface area contributed by atoms with Crippen LogP contribution in [-0.2, 0) is 15.6 Å². The van der Waals surface area contributed by atoms with Crippen molar-refractivity contribution in [3.63, 3.8) is 0 Å². The van der Waals surface area contributed by atoms with Crippen LogP contribution in [0.5, 0.6) is 0 Å². The average Bonchev–Trinajstić information content (AvgIpc) is 3.07. The molecule has 9 heteroatoms. The van der Waals surface area contributed by atoms with Crippen LogP contribution in [0.15, 0.2) is 9.05 Å². The lowest BCUT2D eigenvalue weighted by atomic mass is 9.97. The highest BCUT2D eigenvalue weighted by Crippen LogP contribution is 2.21. The summed E-state index contributed by atoms with van der Waals surface area (Å²) in [4.78, 5) is 31.5. The van der Waals surface area contributed by atoms with Crippen molar-refractivity contribution >= 4 is 11.9 Å². The Morgan fingerprint density at radius 2 is 1.13 bits per heavy atom. The van der Waals surface area contributed by atoms with Gasteiger partial charge in [0.15, 0.2) is 0 Å². The molecule has 2 heterocycles. The zero-order valence-electron chi connectivity index (χ0n) is 13.8. The fourth-order valence-corrected chi connectivity index (χ4v) is 1.40. The van der Waals surface area contributed by atoms with Crippen molar-refractivity contribution < 1.29 is 23.4 Å². The van der Waals surface area contributed by atoms with Crippen LogP contribution in [0.1, 0.15) is 74.6 Å². The third-order valence-electron chi connectivity index (χ3n) is 2.69. The van der Waals surface area contributed by atoms with Crippen molar-refractivity contribution in [3.05, 3.63) is 23.4 Å². The first kappa shape index (κ1) is 16.8. The maximum atomic E-state index is 11.9. The Morgan fingerprint density at radius 3 is 1.39 bits per heavy atom. The van der Waals surface area contributed by atoms with Gasteiger partial charge >= 0.3 is 11.9 Å². The quantitative estimate of drug-likeness (QED) is 0.603. The van der Waals surface area contributed by atoms with Crippen LogP contribution in [0.2, 0.25) is 0 Å². The molecule has 0 radical (unpaired) electrons. The molecule has 124 valence electrons. The third kappa shape index (κ3) is 3.79. The first-order chi connectivity index (χ1) is 10.5. The number of carbonyl (C=O) groups is 2. The summed E-state index contributed by atoms with van der Waals surface area (Å²) in [5.41, 5.74) is -0.852. The number of hydrogen-bond acceptors (Lipinski definition) is 9. The summed E-state index contributed by atoms with van der Waals surface area (Å²) in [6.07, 6.45) is 0. The number of aromatic nitrogens is 4. The molecule has 0 bridgehead atoms. The lowest BCUT2D eigenvalue weighted by molar-refractivity contribution is 0.0376. The number of nitrogens with zero attached hydrogens (tertiary/aromatic N) is 4. The van der Waals surface area contributed by atoms with Gasteiger partial charge < -0.3 is 13.8 Å². The molecule has 2 aromatic rings. The Hall–Kier alpha value is -2.58. The molecule has 0 saturated heterocycles. The van der Waals surface area contributed by atoms with E-state index >= 15 is 0 Å². The van der Waals surface area contributed by atoms with Crippen molar-refractivity contribution in [1.29, 1.82) is 0 Å². The molecule has 0 N–H and O–H groups in total. The van der Waals surface area contributed by atoms with Crippen LogP contribution in [0, 0.1) is 0 Å². The van der Waals surface area contributed by atoms with Gasteiger partial charge in [0.1, 0.15) is 0 Å². The van der Waals surface area contributed by atoms with Crippen LogP contribution >= 0.6 is 0 Å². The largest absolute Gasteiger partial charge is 0.387 e. The molecule has 0 aliphatic rings. The summed E-state index contributed by atoms with van der Waals surface area (Å²) in [6, 6.07) is 0. The SMILES string of the molecule is CC(C)(C)c1nc(C(=O)OC(=O)c2noc(C(C)(C)C)n2)no1. The molecule has 0 unspecified atom stereocenters. The van der Waals surface area contributed by atoms with Crippen molar-refractivity contribution in [2.75, 3.05) is 0 Å². The van der Waals surface area contributed by atoms with Crippen molar-refractivity contribution in [1.82, 2.24) is 20.3 Å². The molecule has 0 aliphatic carbocycles. The van der Waals surface area contributed by atoms with Crippen LogP contribution in [-0.4, -0.2) is 32.2 Å². The normalized spacial score (nSPS) is 12.3. The van der Waals surface area contributed by atoms with Gasteiger partial charge in [-0.05, 0) is 10.3 Å². The molecule has 23 heavy (non-hydrogen) atoms. The summed E-state index contributed by atoms with van der Waals surface area (Å²) in [7, 11) is 0. The molecular weight excluding hydrogens is 304 g/mol. The van der Waals surface area contributed by atoms with Gasteiger partial charge in [-0.3, -0.25) is 0 Å². The third-order valence-corrected chi connectivity index (χ3v) is 2.69. The molecule has 0 amide bonds. The van der Waals surface area contributed by atoms with Crippen LogP contribution in [0.25, 0.3) is 0 Å². The van der Waals surface area contributed by atoms with E-state index in [4.69, 9.17) is 9.05 Å².